The van der Waals surface area contributed by atoms with E-state index in [-0.39, 0.29) is 95.5 Å². The number of aliphatic hydroxyl groups is 1. The Bertz CT molecular complexity index is 2390. The van der Waals surface area contributed by atoms with Gasteiger partial charge in [0.2, 0.25) is 5.75 Å². The number of allylic oxidation sites excluding steroid dienone is 1. The lowest BCUT2D eigenvalue weighted by molar-refractivity contribution is -0.121. The van der Waals surface area contributed by atoms with E-state index < -0.39 is 12.0 Å². The molecule has 300 valence electrons. The summed E-state index contributed by atoms with van der Waals surface area (Å²) in [6, 6.07) is 24.3. The van der Waals surface area contributed by atoms with E-state index in [1.165, 1.54) is 22.8 Å². The number of carbonyl (C=O) groups is 1. The molecule has 7 atom stereocenters. The quantitative estimate of drug-likeness (QED) is 0.0372. The largest absolute Gasteiger partial charge is 0.508 e. The predicted octanol–water partition coefficient (Wildman–Crippen LogP) is 8.31. The number of ketones is 1. The maximum atomic E-state index is 13.8. The van der Waals surface area contributed by atoms with Gasteiger partial charge in [0.15, 0.2) is 23.0 Å². The van der Waals surface area contributed by atoms with Gasteiger partial charge < -0.3 is 40.0 Å². The van der Waals surface area contributed by atoms with Gasteiger partial charge in [-0.25, -0.2) is 0 Å². The lowest BCUT2D eigenvalue weighted by Crippen LogP contribution is -2.50. The molecule has 5 aromatic rings. The van der Waals surface area contributed by atoms with Crippen LogP contribution in [0.5, 0.6) is 34.5 Å². The van der Waals surface area contributed by atoms with E-state index in [1.54, 1.807) is 36.4 Å². The van der Waals surface area contributed by atoms with Crippen LogP contribution in [0.2, 0.25) is 0 Å². The first kappa shape index (κ1) is 37.8. The van der Waals surface area contributed by atoms with Gasteiger partial charge in [0, 0.05) is 53.1 Å². The molecule has 8 N–H and O–H groups in total. The van der Waals surface area contributed by atoms with Gasteiger partial charge in [-0.2, -0.15) is 0 Å². The van der Waals surface area contributed by atoms with Gasteiger partial charge in [0.25, 0.3) is 0 Å². The van der Waals surface area contributed by atoms with Gasteiger partial charge >= 0.3 is 0 Å². The summed E-state index contributed by atoms with van der Waals surface area (Å²) in [5, 5.41) is 55.6. The lowest BCUT2D eigenvalue weighted by atomic mass is 9.46. The molecule has 0 amide bonds. The standard InChI is InChI=1S/C48H50N2O8/c49-26-58-42-21-27(12-16-39(42)53)11-14-31(52)23-40(54)34-15-13-29-22-38(48-18-4-3-10-37(48)33-17-19-50-45(33)32-8-1-2-9-36(32)48)44(34)35-24-41(55)46(56)47(43(29)35)57-25-28-6-5-7-30(51)20-28/h1-2,5-9,12-13,15-17,19-21,24,29,34,37-38,40,44,50-51,53-56H,3-4,10-11,14,18,22-23,25-26,49H2. The van der Waals surface area contributed by atoms with Gasteiger partial charge in [-0.1, -0.05) is 67.5 Å². The molecule has 2 bridgehead atoms. The molecular weight excluding hydrogens is 733 g/mol. The highest BCUT2D eigenvalue weighted by molar-refractivity contribution is 5.79. The molecule has 0 saturated heterocycles. The predicted molar refractivity (Wildman–Crippen MR) is 219 cm³/mol. The Morgan fingerprint density at radius 2 is 1.76 bits per heavy atom. The number of nitrogens with one attached hydrogen (secondary N) is 1. The average molecular weight is 783 g/mol. The number of phenolic OH excluding ortho intramolecular Hbond substituents is 4. The molecule has 1 saturated carbocycles. The Balaban J connectivity index is 1.12. The van der Waals surface area contributed by atoms with Crippen LogP contribution in [0.25, 0.3) is 11.3 Å². The molecule has 1 aromatic heterocycles. The van der Waals surface area contributed by atoms with E-state index in [1.807, 2.05) is 12.3 Å². The van der Waals surface area contributed by atoms with Crippen LogP contribution in [0.3, 0.4) is 0 Å². The fourth-order valence-electron chi connectivity index (χ4n) is 11.2. The molecule has 1 fully saturated rings. The number of hydrogen-bond acceptors (Lipinski definition) is 9. The SMILES string of the molecule is NCOc1cc(CCC(=O)CC(O)C2C=CC3CC(C45CCCCC4c4cc[nH]c4-c4ccccc45)C2c2cc(O)c(O)c(OCc4cccc(O)c4)c23)ccc1O. The highest BCUT2D eigenvalue weighted by atomic mass is 16.5. The van der Waals surface area contributed by atoms with Crippen LogP contribution in [0.15, 0.2) is 97.2 Å². The molecule has 4 aromatic carbocycles. The van der Waals surface area contributed by atoms with E-state index in [4.69, 9.17) is 15.2 Å². The molecule has 10 nitrogen and oxygen atoms in total. The van der Waals surface area contributed by atoms with Crippen molar-refractivity contribution in [3.8, 4) is 45.8 Å². The Morgan fingerprint density at radius 3 is 2.60 bits per heavy atom. The van der Waals surface area contributed by atoms with Crippen molar-refractivity contribution >= 4 is 5.78 Å². The van der Waals surface area contributed by atoms with Crippen molar-refractivity contribution in [1.29, 1.82) is 0 Å². The number of nitrogens with two attached hydrogens (primary N) is 1. The molecule has 1 heterocycles. The van der Waals surface area contributed by atoms with Crippen LogP contribution < -0.4 is 15.2 Å². The number of aryl methyl sites for hydroxylation is 1. The third-order valence-corrected chi connectivity index (χ3v) is 13.6. The number of aromatic hydroxyl groups is 4. The van der Waals surface area contributed by atoms with E-state index in [9.17, 15) is 30.3 Å². The van der Waals surface area contributed by atoms with E-state index in [0.717, 1.165) is 54.5 Å². The number of phenols is 4. The highest BCUT2D eigenvalue weighted by Gasteiger charge is 2.59. The highest BCUT2D eigenvalue weighted by Crippen LogP contribution is 2.68. The Labute approximate surface area is 337 Å². The van der Waals surface area contributed by atoms with Crippen LogP contribution in [-0.2, 0) is 23.2 Å². The van der Waals surface area contributed by atoms with Crippen molar-refractivity contribution < 1.29 is 39.8 Å². The van der Waals surface area contributed by atoms with Crippen molar-refractivity contribution in [2.75, 3.05) is 6.73 Å². The molecule has 10 heteroatoms. The summed E-state index contributed by atoms with van der Waals surface area (Å²) >= 11 is 0. The summed E-state index contributed by atoms with van der Waals surface area (Å²) in [6.45, 7) is -0.0365. The van der Waals surface area contributed by atoms with Crippen LogP contribution in [0.1, 0.15) is 96.1 Å². The minimum Gasteiger partial charge on any atom is -0.508 e. The maximum absolute atomic E-state index is 13.8. The Morgan fingerprint density at radius 1 is 0.897 bits per heavy atom. The second-order valence-electron chi connectivity index (χ2n) is 16.6. The molecule has 0 spiro atoms. The number of rotatable bonds is 12. The summed E-state index contributed by atoms with van der Waals surface area (Å²) in [4.78, 5) is 17.3. The van der Waals surface area contributed by atoms with Crippen LogP contribution in [0, 0.1) is 11.8 Å². The van der Waals surface area contributed by atoms with Crippen LogP contribution in [-0.4, -0.2) is 49.1 Å². The molecule has 58 heavy (non-hydrogen) atoms. The van der Waals surface area contributed by atoms with E-state index >= 15 is 0 Å². The normalized spacial score (nSPS) is 24.5. The minimum absolute atomic E-state index is 0.00919. The summed E-state index contributed by atoms with van der Waals surface area (Å²) in [6.07, 6.45) is 10.6. The van der Waals surface area contributed by atoms with Crippen molar-refractivity contribution in [3.63, 3.8) is 0 Å². The molecule has 5 aliphatic carbocycles. The van der Waals surface area contributed by atoms with Crippen molar-refractivity contribution in [3.05, 3.63) is 131 Å². The molecule has 5 aliphatic rings. The molecule has 0 aliphatic heterocycles. The van der Waals surface area contributed by atoms with Gasteiger partial charge in [-0.3, -0.25) is 10.5 Å². The first-order chi connectivity index (χ1) is 28.2. The van der Waals surface area contributed by atoms with Crippen molar-refractivity contribution in [2.24, 2.45) is 17.6 Å². The van der Waals surface area contributed by atoms with Crippen molar-refractivity contribution in [1.82, 2.24) is 4.98 Å². The number of aromatic amines is 1. The first-order valence-corrected chi connectivity index (χ1v) is 20.5. The second kappa shape index (κ2) is 15.2. The maximum Gasteiger partial charge on any atom is 0.200 e. The van der Waals surface area contributed by atoms with Crippen LogP contribution >= 0.6 is 0 Å². The Hall–Kier alpha value is -5.71. The fraction of sp³-hybridized carbons (Fsp3) is 0.354. The average Bonchev–Trinajstić information content (AvgIpc) is 3.57. The smallest absolute Gasteiger partial charge is 0.200 e. The van der Waals surface area contributed by atoms with E-state index in [0.29, 0.717) is 12.0 Å². The third kappa shape index (κ3) is 6.39. The summed E-state index contributed by atoms with van der Waals surface area (Å²) in [5.74, 6) is -1.05. The van der Waals surface area contributed by atoms with E-state index in [2.05, 4.69) is 47.5 Å². The molecule has 7 unspecified atom stereocenters. The van der Waals surface area contributed by atoms with Gasteiger partial charge in [0.1, 0.15) is 24.9 Å². The third-order valence-electron chi connectivity index (χ3n) is 13.6. The summed E-state index contributed by atoms with van der Waals surface area (Å²) < 4.78 is 11.7. The topological polar surface area (TPSA) is 178 Å². The molecule has 10 rings (SSSR count). The summed E-state index contributed by atoms with van der Waals surface area (Å²) in [5.41, 5.74) is 13.3. The minimum atomic E-state index is -1.04. The van der Waals surface area contributed by atoms with Crippen molar-refractivity contribution in [2.45, 2.75) is 87.2 Å². The molecular formula is C48H50N2O8. The molecule has 0 radical (unpaired) electrons. The number of H-pyrrole nitrogens is 1. The number of ether oxygens (including phenoxy) is 2. The monoisotopic (exact) mass is 782 g/mol. The lowest BCUT2D eigenvalue weighted by Gasteiger charge is -2.57. The number of fused-ring (bicyclic) bond motifs is 9. The fourth-order valence-corrected chi connectivity index (χ4v) is 11.2. The number of hydrogen-bond donors (Lipinski definition) is 7. The second-order valence-corrected chi connectivity index (χ2v) is 16.6. The first-order valence-electron chi connectivity index (χ1n) is 20.5. The number of aromatic nitrogens is 1. The number of Topliss-reactive ketones (excluding diaryl/α,β-unsaturated/α-hetero) is 1. The Kier molecular flexibility index (Phi) is 9.94. The van der Waals surface area contributed by atoms with Crippen LogP contribution in [0.4, 0.5) is 0 Å². The van der Waals surface area contributed by atoms with Gasteiger partial charge in [0.05, 0.1) is 6.10 Å². The zero-order valence-corrected chi connectivity index (χ0v) is 32.3. The van der Waals surface area contributed by atoms with Gasteiger partial charge in [-0.15, -0.1) is 0 Å². The zero-order chi connectivity index (χ0) is 40.1. The summed E-state index contributed by atoms with van der Waals surface area (Å²) in [7, 11) is 0. The number of carbonyl (C=O) groups excluding carboxylic acids is 1. The zero-order valence-electron chi connectivity index (χ0n) is 32.3. The number of aliphatic hydroxyl groups excluding tert-OH is 1. The van der Waals surface area contributed by atoms with Gasteiger partial charge in [-0.05, 0) is 108 Å². The number of benzene rings is 4.